The molecule has 5 aliphatic rings. The van der Waals surface area contributed by atoms with E-state index in [1.807, 2.05) is 12.1 Å². The Morgan fingerprint density at radius 2 is 1.04 bits per heavy atom. The molecule has 8 unspecified atom stereocenters. The molecule has 1 aromatic carbocycles. The Labute approximate surface area is 562 Å². The van der Waals surface area contributed by atoms with Crippen LogP contribution in [-0.4, -0.2) is 227 Å². The molecule has 488 valence electrons. The van der Waals surface area contributed by atoms with Gasteiger partial charge >= 0.3 is 59.1 Å². The number of carboxylic acids is 2. The van der Waals surface area contributed by atoms with Gasteiger partial charge in [-0.3, -0.25) is 14.4 Å². The number of nitrogens with one attached hydrogen (secondary N) is 2. The third-order valence-electron chi connectivity index (χ3n) is 16.4. The van der Waals surface area contributed by atoms with Gasteiger partial charge in [0.05, 0.1) is 42.5 Å². The Morgan fingerprint density at radius 3 is 1.53 bits per heavy atom. The van der Waals surface area contributed by atoms with Crippen molar-refractivity contribution in [1.29, 1.82) is 0 Å². The molecule has 0 radical (unpaired) electrons. The number of hydrogen-bond acceptors (Lipinski definition) is 26. The van der Waals surface area contributed by atoms with Crippen LogP contribution in [0.2, 0.25) is 0 Å². The molecular weight excluding hydrogens is 1190 g/mol. The number of ether oxygens (including phenoxy) is 7. The minimum atomic E-state index is -1.83. The molecule has 5 heterocycles. The first-order chi connectivity index (χ1) is 41.1. The maximum atomic E-state index is 13.5. The molecule has 0 saturated carbocycles. The van der Waals surface area contributed by atoms with Crippen molar-refractivity contribution in [2.75, 3.05) is 19.7 Å². The number of ketones is 1. The second-order valence-corrected chi connectivity index (χ2v) is 24.3. The van der Waals surface area contributed by atoms with Gasteiger partial charge in [0.15, 0.2) is 24.2 Å². The van der Waals surface area contributed by atoms with Crippen LogP contribution in [0.3, 0.4) is 0 Å². The van der Waals surface area contributed by atoms with E-state index in [0.29, 0.717) is 23.6 Å². The summed E-state index contributed by atoms with van der Waals surface area (Å²) in [6, 6.07) is 7.21. The molecule has 4 aliphatic heterocycles. The number of nitrogens with zero attached hydrogens (tertiary/aromatic N) is 4. The molecular formula is C59H88N6Na2O22. The molecule has 4 fully saturated rings. The first-order valence-electron chi connectivity index (χ1n) is 29.9. The molecule has 28 nitrogen and oxygen atoms in total. The van der Waals surface area contributed by atoms with Crippen LogP contribution in [0.25, 0.3) is 11.4 Å². The summed E-state index contributed by atoms with van der Waals surface area (Å²) in [7, 11) is 0. The summed E-state index contributed by atoms with van der Waals surface area (Å²) in [5.41, 5.74) is 1.54. The Hall–Kier alpha value is -3.15. The number of rotatable bonds is 22. The van der Waals surface area contributed by atoms with E-state index in [4.69, 9.17) is 33.2 Å². The van der Waals surface area contributed by atoms with Crippen LogP contribution in [0.15, 0.2) is 36.4 Å². The minimum absolute atomic E-state index is 0. The molecule has 30 heteroatoms. The summed E-state index contributed by atoms with van der Waals surface area (Å²) in [5, 5.41) is 131. The van der Waals surface area contributed by atoms with E-state index in [1.54, 1.807) is 74.4 Å². The molecule has 21 atom stereocenters. The molecule has 10 N–H and O–H groups in total. The average Bonchev–Trinajstić information content (AvgIpc) is 1.87. The maximum absolute atomic E-state index is 13.5. The fraction of sp³-hybridized carbons (Fsp3) is 0.746. The van der Waals surface area contributed by atoms with Crippen LogP contribution in [0.4, 0.5) is 0 Å². The third kappa shape index (κ3) is 20.7. The van der Waals surface area contributed by atoms with Gasteiger partial charge in [0, 0.05) is 36.9 Å². The van der Waals surface area contributed by atoms with Gasteiger partial charge in [0.25, 0.3) is 0 Å². The van der Waals surface area contributed by atoms with E-state index < -0.39 is 140 Å². The molecule has 89 heavy (non-hydrogen) atoms. The molecule has 7 rings (SSSR count). The Bertz CT molecular complexity index is 2580. The van der Waals surface area contributed by atoms with Crippen molar-refractivity contribution in [2.45, 2.75) is 224 Å². The van der Waals surface area contributed by atoms with E-state index in [0.717, 1.165) is 37.7 Å². The summed E-state index contributed by atoms with van der Waals surface area (Å²) >= 11 is 0. The molecule has 1 aromatic heterocycles. The van der Waals surface area contributed by atoms with E-state index in [-0.39, 0.29) is 127 Å². The number of benzene rings is 1. The Kier molecular flexibility index (Phi) is 32.1. The van der Waals surface area contributed by atoms with Crippen molar-refractivity contribution in [1.82, 2.24) is 31.0 Å². The van der Waals surface area contributed by atoms with Crippen LogP contribution in [0.5, 0.6) is 0 Å². The standard InChI is InChI=1S/C30H50N2O12.C29H40N4O10.2Na/c1-15(2)19-20(34)23(37)30(44-26-22(36)21(35)24(16(3)4)42-27(26)29(39)40)43-25(19)28(38)32-13-12-31-18(33)14-41-17-10-8-6-5-7-9-11-17;1-12(2)18-19(35)22(38)29(43-25-21(37)20(36)23(13(3)4)41-26(25)28(39)40)42-24(18)17(34)11-8-15-6-9-16(10-7-15)27-32-30-14(5)31-33-27;;/h5-6,15-17,19-27,30,34-37H,7-14H2,1-4H3,(H,31,33)(H,32,38)(H,39,40);6-7,9-10,12-13,18-26,29,35-38H,8,11H2,1-5H3,(H,39,40);;/q;;2*+1/p-2/b6-5+;;;/t17-,19-,20?,21-,22?,23-,24-,25?,26-,27?,30-;18-,19?,20-,21?,22-,23-,24?,25-,26?,29-;;/m00../s1. The first-order valence-corrected chi connectivity index (χ1v) is 29.9. The number of aryl methyl sites for hydroxylation is 2. The number of carboxylic acid groups (broad SMARTS) is 2. The Balaban J connectivity index is 0.000000372. The number of allylic oxidation sites excluding steroid dienone is 2. The fourth-order valence-corrected chi connectivity index (χ4v) is 11.5. The zero-order chi connectivity index (χ0) is 64.1. The van der Waals surface area contributed by atoms with Crippen molar-refractivity contribution >= 4 is 29.5 Å². The van der Waals surface area contributed by atoms with Gasteiger partial charge in [0.2, 0.25) is 17.6 Å². The quantitative estimate of drug-likeness (QED) is 0.0297. The predicted octanol–water partition coefficient (Wildman–Crippen LogP) is -9.13. The molecule has 2 amide bonds. The summed E-state index contributed by atoms with van der Waals surface area (Å²) in [4.78, 5) is 62.7. The molecule has 1 aliphatic carbocycles. The normalized spacial score (nSPS) is 34.4. The zero-order valence-corrected chi connectivity index (χ0v) is 56.6. The minimum Gasteiger partial charge on any atom is -0.547 e. The predicted molar refractivity (Wildman–Crippen MR) is 298 cm³/mol. The molecule has 0 spiro atoms. The fourth-order valence-electron chi connectivity index (χ4n) is 11.5. The first kappa shape index (κ1) is 78.3. The van der Waals surface area contributed by atoms with Gasteiger partial charge in [-0.25, -0.2) is 0 Å². The van der Waals surface area contributed by atoms with E-state index in [1.165, 1.54) is 0 Å². The number of amides is 2. The van der Waals surface area contributed by atoms with Gasteiger partial charge < -0.3 is 104 Å². The number of aliphatic hydroxyl groups excluding tert-OH is 8. The zero-order valence-electron chi connectivity index (χ0n) is 52.6. The third-order valence-corrected chi connectivity index (χ3v) is 16.4. The largest absolute Gasteiger partial charge is 1.00 e. The van der Waals surface area contributed by atoms with Gasteiger partial charge in [-0.15, -0.1) is 20.4 Å². The van der Waals surface area contributed by atoms with Crippen molar-refractivity contribution < 1.29 is 167 Å². The van der Waals surface area contributed by atoms with Gasteiger partial charge in [0.1, 0.15) is 79.9 Å². The number of carbonyl (C=O) groups excluding carboxylic acids is 5. The van der Waals surface area contributed by atoms with E-state index in [2.05, 4.69) is 43.2 Å². The summed E-state index contributed by atoms with van der Waals surface area (Å²) in [6.45, 7) is 15.4. The van der Waals surface area contributed by atoms with Crippen LogP contribution in [0.1, 0.15) is 105 Å². The second-order valence-electron chi connectivity index (χ2n) is 24.3. The van der Waals surface area contributed by atoms with Crippen LogP contribution in [0, 0.1) is 42.4 Å². The molecule has 2 aromatic rings. The molecule has 4 saturated heterocycles. The number of aliphatic carboxylic acids is 2. The maximum Gasteiger partial charge on any atom is 1.00 e. The van der Waals surface area contributed by atoms with E-state index in [9.17, 15) is 75.0 Å². The van der Waals surface area contributed by atoms with Gasteiger partial charge in [-0.1, -0.05) is 91.8 Å². The van der Waals surface area contributed by atoms with Crippen molar-refractivity contribution in [3.05, 3.63) is 47.8 Å². The smallest absolute Gasteiger partial charge is 0.547 e. The topological polar surface area (TPSA) is 434 Å². The van der Waals surface area contributed by atoms with Crippen molar-refractivity contribution in [2.24, 2.45) is 35.5 Å². The number of aliphatic hydroxyl groups is 8. The van der Waals surface area contributed by atoms with E-state index >= 15 is 0 Å². The summed E-state index contributed by atoms with van der Waals surface area (Å²) in [5.74, 6) is -6.98. The summed E-state index contributed by atoms with van der Waals surface area (Å²) < 4.78 is 39.7. The monoisotopic (exact) mass is 1280 g/mol. The number of Topliss-reactive ketones (excluding diaryl/α,β-unsaturated/α-hetero) is 1. The number of carbonyl (C=O) groups is 5. The summed E-state index contributed by atoms with van der Waals surface area (Å²) in [6.07, 6.45) is -18.8. The SMILES string of the molecule is CC(C)[C@@H]1C(C(=O)NCCNC(=O)CO[C@H]2CC/C=C/CCC2)O[C@@H](O[C@@H]2C(C(=O)[O-])O[C@@H](C(C)C)[C@@H](O)C2O)[C@@H](O)C1O.Cc1nnc(-c2ccc(CCC(=O)C3O[C@@H](O[C@@H]4C(C(=O)[O-])O[C@@H](C(C)C)[C@@H](O)C4O)[C@@H](O)C(O)[C@@H]3C(C)C)cc2)nn1.[Na+].[Na+]. The number of hydrogen-bond donors (Lipinski definition) is 10. The number of aromatic nitrogens is 4. The van der Waals surface area contributed by atoms with Crippen molar-refractivity contribution in [3.8, 4) is 11.4 Å². The van der Waals surface area contributed by atoms with Crippen LogP contribution >= 0.6 is 0 Å². The van der Waals surface area contributed by atoms with Crippen LogP contribution < -0.4 is 80.0 Å². The molecule has 0 bridgehead atoms. The van der Waals surface area contributed by atoms with Gasteiger partial charge in [-0.05, 0) is 74.7 Å². The second kappa shape index (κ2) is 36.5. The Morgan fingerprint density at radius 1 is 0.573 bits per heavy atom. The average molecular weight is 1280 g/mol. The van der Waals surface area contributed by atoms with Crippen LogP contribution in [-0.2, 0) is 63.6 Å². The van der Waals surface area contributed by atoms with Gasteiger partial charge in [-0.2, -0.15) is 0 Å². The van der Waals surface area contributed by atoms with Crippen molar-refractivity contribution in [3.63, 3.8) is 0 Å².